The van der Waals surface area contributed by atoms with Crippen molar-refractivity contribution in [2.75, 3.05) is 33.7 Å². The maximum absolute atomic E-state index is 12.0. The Labute approximate surface area is 109 Å². The summed E-state index contributed by atoms with van der Waals surface area (Å²) in [4.78, 5) is 14.1. The van der Waals surface area contributed by atoms with Crippen LogP contribution in [-0.2, 0) is 4.79 Å². The molecule has 3 N–H and O–H groups in total. The first kappa shape index (κ1) is 14.7. The molecule has 0 saturated heterocycles. The number of rotatable bonds is 7. The van der Waals surface area contributed by atoms with Gasteiger partial charge < -0.3 is 16.0 Å². The zero-order chi connectivity index (χ0) is 13.4. The molecule has 1 aromatic carbocycles. The van der Waals surface area contributed by atoms with Crippen molar-refractivity contribution >= 4 is 5.91 Å². The van der Waals surface area contributed by atoms with Gasteiger partial charge in [0, 0.05) is 13.1 Å². The van der Waals surface area contributed by atoms with Crippen LogP contribution >= 0.6 is 0 Å². The summed E-state index contributed by atoms with van der Waals surface area (Å²) in [5, 5.41) is 2.94. The number of hydrogen-bond acceptors (Lipinski definition) is 3. The second-order valence-electron chi connectivity index (χ2n) is 4.65. The Hall–Kier alpha value is -1.39. The fourth-order valence-corrected chi connectivity index (χ4v) is 1.81. The quantitative estimate of drug-likeness (QED) is 0.703. The van der Waals surface area contributed by atoms with Crippen LogP contribution in [0.2, 0.25) is 0 Å². The van der Waals surface area contributed by atoms with Crippen molar-refractivity contribution in [3.05, 3.63) is 35.9 Å². The highest BCUT2D eigenvalue weighted by Crippen LogP contribution is 2.13. The number of nitrogens with zero attached hydrogens (tertiary/aromatic N) is 1. The third-order valence-corrected chi connectivity index (χ3v) is 2.84. The van der Waals surface area contributed by atoms with Crippen molar-refractivity contribution < 1.29 is 4.79 Å². The molecular formula is C14H23N3O. The van der Waals surface area contributed by atoms with E-state index in [1.54, 1.807) is 0 Å². The molecule has 0 bridgehead atoms. The molecule has 4 nitrogen and oxygen atoms in total. The number of amides is 1. The molecule has 0 aliphatic carbocycles. The summed E-state index contributed by atoms with van der Waals surface area (Å²) >= 11 is 0. The van der Waals surface area contributed by atoms with Crippen LogP contribution in [0.3, 0.4) is 0 Å². The van der Waals surface area contributed by atoms with E-state index in [1.807, 2.05) is 44.4 Å². The number of carbonyl (C=O) groups is 1. The molecule has 0 heterocycles. The monoisotopic (exact) mass is 249 g/mol. The van der Waals surface area contributed by atoms with Crippen LogP contribution in [0.4, 0.5) is 0 Å². The number of carbonyl (C=O) groups excluding carboxylic acids is 1. The lowest BCUT2D eigenvalue weighted by atomic mass is 9.98. The van der Waals surface area contributed by atoms with Crippen molar-refractivity contribution in [1.29, 1.82) is 0 Å². The van der Waals surface area contributed by atoms with Gasteiger partial charge in [-0.05, 0) is 32.6 Å². The van der Waals surface area contributed by atoms with Gasteiger partial charge in [0.1, 0.15) is 0 Å². The Morgan fingerprint density at radius 3 is 2.56 bits per heavy atom. The molecule has 0 aromatic heterocycles. The van der Waals surface area contributed by atoms with E-state index < -0.39 is 0 Å². The van der Waals surface area contributed by atoms with Gasteiger partial charge in [-0.3, -0.25) is 4.79 Å². The zero-order valence-corrected chi connectivity index (χ0v) is 11.2. The summed E-state index contributed by atoms with van der Waals surface area (Å²) < 4.78 is 0. The third kappa shape index (κ3) is 4.85. The molecular weight excluding hydrogens is 226 g/mol. The molecule has 0 aliphatic heterocycles. The first-order chi connectivity index (χ1) is 8.65. The van der Waals surface area contributed by atoms with Gasteiger partial charge in [-0.2, -0.15) is 0 Å². The molecule has 0 fully saturated rings. The molecule has 4 heteroatoms. The van der Waals surface area contributed by atoms with E-state index in [0.29, 0.717) is 13.1 Å². The lowest BCUT2D eigenvalue weighted by Gasteiger charge is -2.16. The van der Waals surface area contributed by atoms with E-state index in [2.05, 4.69) is 10.2 Å². The number of hydrogen-bond donors (Lipinski definition) is 2. The highest BCUT2D eigenvalue weighted by atomic mass is 16.1. The first-order valence-corrected chi connectivity index (χ1v) is 6.32. The number of nitrogens with one attached hydrogen (secondary N) is 1. The highest BCUT2D eigenvalue weighted by molar-refractivity contribution is 5.83. The van der Waals surface area contributed by atoms with Gasteiger partial charge in [-0.25, -0.2) is 0 Å². The molecule has 1 aromatic rings. The molecule has 0 spiro atoms. The molecule has 1 amide bonds. The summed E-state index contributed by atoms with van der Waals surface area (Å²) in [7, 11) is 4.04. The minimum atomic E-state index is -0.245. The first-order valence-electron chi connectivity index (χ1n) is 6.32. The lowest BCUT2D eigenvalue weighted by Crippen LogP contribution is -2.34. The van der Waals surface area contributed by atoms with Gasteiger partial charge in [-0.1, -0.05) is 30.3 Å². The minimum absolute atomic E-state index is 0.0162. The van der Waals surface area contributed by atoms with Crippen LogP contribution in [0.15, 0.2) is 30.3 Å². The average Bonchev–Trinajstić information content (AvgIpc) is 2.36. The number of nitrogens with two attached hydrogens (primary N) is 1. The van der Waals surface area contributed by atoms with E-state index in [0.717, 1.165) is 18.5 Å². The molecule has 0 saturated carbocycles. The van der Waals surface area contributed by atoms with Gasteiger partial charge in [-0.15, -0.1) is 0 Å². The predicted octanol–water partition coefficient (Wildman–Crippen LogP) is 0.797. The number of benzene rings is 1. The van der Waals surface area contributed by atoms with Gasteiger partial charge in [0.15, 0.2) is 0 Å². The van der Waals surface area contributed by atoms with Crippen LogP contribution < -0.4 is 11.1 Å². The van der Waals surface area contributed by atoms with Gasteiger partial charge >= 0.3 is 0 Å². The largest absolute Gasteiger partial charge is 0.355 e. The van der Waals surface area contributed by atoms with Crippen molar-refractivity contribution in [3.8, 4) is 0 Å². The van der Waals surface area contributed by atoms with E-state index >= 15 is 0 Å². The van der Waals surface area contributed by atoms with E-state index in [9.17, 15) is 4.79 Å². The minimum Gasteiger partial charge on any atom is -0.355 e. The topological polar surface area (TPSA) is 58.4 Å². The molecule has 1 unspecified atom stereocenters. The SMILES string of the molecule is CN(C)CCCNC(=O)C(CN)c1ccccc1. The fourth-order valence-electron chi connectivity index (χ4n) is 1.81. The molecule has 0 aliphatic rings. The predicted molar refractivity (Wildman–Crippen MR) is 74.4 cm³/mol. The fraction of sp³-hybridized carbons (Fsp3) is 0.500. The van der Waals surface area contributed by atoms with Crippen LogP contribution in [0.5, 0.6) is 0 Å². The Bertz CT molecular complexity index is 351. The summed E-state index contributed by atoms with van der Waals surface area (Å²) in [6, 6.07) is 9.68. The van der Waals surface area contributed by atoms with Crippen LogP contribution in [0, 0.1) is 0 Å². The maximum atomic E-state index is 12.0. The standard InChI is InChI=1S/C14H23N3O/c1-17(2)10-6-9-16-14(18)13(11-15)12-7-4-3-5-8-12/h3-5,7-8,13H,6,9-11,15H2,1-2H3,(H,16,18). The van der Waals surface area contributed by atoms with Crippen LogP contribution in [0.1, 0.15) is 17.9 Å². The lowest BCUT2D eigenvalue weighted by molar-refractivity contribution is -0.122. The van der Waals surface area contributed by atoms with Gasteiger partial charge in [0.05, 0.1) is 5.92 Å². The molecule has 1 atom stereocenters. The Balaban J connectivity index is 2.43. The summed E-state index contributed by atoms with van der Waals surface area (Å²) in [5.41, 5.74) is 6.67. The van der Waals surface area contributed by atoms with Crippen molar-refractivity contribution in [2.24, 2.45) is 5.73 Å². The van der Waals surface area contributed by atoms with E-state index in [1.165, 1.54) is 0 Å². The van der Waals surface area contributed by atoms with Crippen LogP contribution in [0.25, 0.3) is 0 Å². The van der Waals surface area contributed by atoms with E-state index in [4.69, 9.17) is 5.73 Å². The van der Waals surface area contributed by atoms with Gasteiger partial charge in [0.25, 0.3) is 0 Å². The third-order valence-electron chi connectivity index (χ3n) is 2.84. The van der Waals surface area contributed by atoms with Crippen molar-refractivity contribution in [1.82, 2.24) is 10.2 Å². The molecule has 0 radical (unpaired) electrons. The Morgan fingerprint density at radius 2 is 2.00 bits per heavy atom. The Kier molecular flexibility index (Phi) is 6.39. The highest BCUT2D eigenvalue weighted by Gasteiger charge is 2.17. The summed E-state index contributed by atoms with van der Waals surface area (Å²) in [6.45, 7) is 2.00. The van der Waals surface area contributed by atoms with Crippen molar-refractivity contribution in [3.63, 3.8) is 0 Å². The normalized spacial score (nSPS) is 12.4. The molecule has 18 heavy (non-hydrogen) atoms. The summed E-state index contributed by atoms with van der Waals surface area (Å²) in [5.74, 6) is -0.229. The second-order valence-corrected chi connectivity index (χ2v) is 4.65. The Morgan fingerprint density at radius 1 is 1.33 bits per heavy atom. The smallest absolute Gasteiger partial charge is 0.228 e. The average molecular weight is 249 g/mol. The van der Waals surface area contributed by atoms with Gasteiger partial charge in [0.2, 0.25) is 5.91 Å². The zero-order valence-electron chi connectivity index (χ0n) is 11.2. The van der Waals surface area contributed by atoms with Crippen molar-refractivity contribution in [2.45, 2.75) is 12.3 Å². The molecule has 1 rings (SSSR count). The molecule has 100 valence electrons. The second kappa shape index (κ2) is 7.84. The maximum Gasteiger partial charge on any atom is 0.228 e. The summed E-state index contributed by atoms with van der Waals surface area (Å²) in [6.07, 6.45) is 0.949. The van der Waals surface area contributed by atoms with Crippen LogP contribution in [-0.4, -0.2) is 44.5 Å². The van der Waals surface area contributed by atoms with E-state index in [-0.39, 0.29) is 11.8 Å².